The summed E-state index contributed by atoms with van der Waals surface area (Å²) in [5, 5.41) is 5.91. The van der Waals surface area contributed by atoms with Gasteiger partial charge in [-0.3, -0.25) is 4.57 Å². The van der Waals surface area contributed by atoms with Gasteiger partial charge in [0.2, 0.25) is 4.77 Å². The third-order valence-corrected chi connectivity index (χ3v) is 7.94. The zero-order valence-electron chi connectivity index (χ0n) is 19.3. The van der Waals surface area contributed by atoms with Crippen LogP contribution in [-0.4, -0.2) is 14.3 Å². The smallest absolute Gasteiger partial charge is 0.203 e. The van der Waals surface area contributed by atoms with Crippen molar-refractivity contribution in [3.05, 3.63) is 135 Å². The van der Waals surface area contributed by atoms with E-state index in [1.165, 1.54) is 0 Å². The molecular weight excluding hydrogens is 506 g/mol. The topological polar surface area (TPSA) is 32.0 Å². The predicted molar refractivity (Wildman–Crippen MR) is 149 cm³/mol. The molecule has 0 spiro atoms. The van der Waals surface area contributed by atoms with Crippen LogP contribution in [-0.2, 0) is 11.5 Å². The zero-order valence-corrected chi connectivity index (χ0v) is 21.6. The van der Waals surface area contributed by atoms with Crippen LogP contribution in [0, 0.1) is 4.77 Å². The van der Waals surface area contributed by atoms with E-state index >= 15 is 0 Å². The van der Waals surface area contributed by atoms with Crippen molar-refractivity contribution >= 4 is 35.6 Å². The molecule has 5 aromatic rings. The van der Waals surface area contributed by atoms with Gasteiger partial charge < -0.3 is 4.74 Å². The number of hydrogen-bond acceptors (Lipinski definition) is 4. The lowest BCUT2D eigenvalue weighted by Gasteiger charge is -2.28. The number of nitrogens with zero attached hydrogens (tertiary/aromatic N) is 3. The Morgan fingerprint density at radius 1 is 0.778 bits per heavy atom. The lowest BCUT2D eigenvalue weighted by Crippen LogP contribution is -2.19. The lowest BCUT2D eigenvalue weighted by atomic mass is 9.95. The summed E-state index contributed by atoms with van der Waals surface area (Å²) >= 11 is 14.3. The molecular formula is C29H22ClN3OS2. The van der Waals surface area contributed by atoms with Crippen molar-refractivity contribution in [1.29, 1.82) is 0 Å². The van der Waals surface area contributed by atoms with Gasteiger partial charge in [-0.1, -0.05) is 84.4 Å². The van der Waals surface area contributed by atoms with Gasteiger partial charge in [0.25, 0.3) is 0 Å². The highest BCUT2D eigenvalue weighted by Crippen LogP contribution is 2.44. The summed E-state index contributed by atoms with van der Waals surface area (Å²) in [6.07, 6.45) is 0. The molecule has 0 amide bonds. The van der Waals surface area contributed by atoms with Gasteiger partial charge in [0.1, 0.15) is 23.4 Å². The normalized spacial score (nSPS) is 12.6. The van der Waals surface area contributed by atoms with Crippen molar-refractivity contribution in [2.45, 2.75) is 17.5 Å². The molecule has 0 unspecified atom stereocenters. The number of thioether (sulfide) groups is 1. The van der Waals surface area contributed by atoms with Crippen molar-refractivity contribution in [1.82, 2.24) is 14.3 Å². The number of para-hydroxylation sites is 3. The van der Waals surface area contributed by atoms with Crippen molar-refractivity contribution < 1.29 is 4.74 Å². The van der Waals surface area contributed by atoms with Crippen LogP contribution in [0.25, 0.3) is 5.69 Å². The molecule has 7 heteroatoms. The van der Waals surface area contributed by atoms with Gasteiger partial charge in [-0.25, -0.2) is 4.68 Å². The number of aromatic nitrogens is 3. The minimum Gasteiger partial charge on any atom is -0.457 e. The summed E-state index contributed by atoms with van der Waals surface area (Å²) in [5.74, 6) is 4.02. The highest BCUT2D eigenvalue weighted by Gasteiger charge is 2.31. The maximum absolute atomic E-state index is 6.39. The first kappa shape index (κ1) is 23.1. The van der Waals surface area contributed by atoms with E-state index in [0.29, 0.717) is 10.5 Å². The van der Waals surface area contributed by atoms with Crippen molar-refractivity contribution in [2.24, 2.45) is 0 Å². The molecule has 0 saturated heterocycles. The fourth-order valence-corrected chi connectivity index (χ4v) is 6.12. The molecule has 2 heterocycles. The molecule has 0 N–H and O–H groups in total. The Morgan fingerprint density at radius 2 is 1.39 bits per heavy atom. The largest absolute Gasteiger partial charge is 0.457 e. The van der Waals surface area contributed by atoms with Crippen LogP contribution in [0.4, 0.5) is 0 Å². The first-order chi connectivity index (χ1) is 17.7. The molecule has 0 saturated carbocycles. The molecule has 1 aliphatic rings. The van der Waals surface area contributed by atoms with Crippen LogP contribution in [0.2, 0.25) is 5.02 Å². The maximum Gasteiger partial charge on any atom is 0.203 e. The average molecular weight is 528 g/mol. The van der Waals surface area contributed by atoms with Gasteiger partial charge >= 0.3 is 0 Å². The van der Waals surface area contributed by atoms with E-state index in [2.05, 4.69) is 34.9 Å². The predicted octanol–water partition coefficient (Wildman–Crippen LogP) is 8.23. The maximum atomic E-state index is 6.39. The quantitative estimate of drug-likeness (QED) is 0.204. The third kappa shape index (κ3) is 4.26. The SMILES string of the molecule is S=c1n(C2c3ccccc3Oc3ccccc32)nc(CSCc2ccccc2Cl)n1-c1ccccc1. The average Bonchev–Trinajstić information content (AvgIpc) is 3.24. The molecule has 0 radical (unpaired) electrons. The molecule has 4 nitrogen and oxygen atoms in total. The Hall–Kier alpha value is -3.32. The highest BCUT2D eigenvalue weighted by atomic mass is 35.5. The summed E-state index contributed by atoms with van der Waals surface area (Å²) in [7, 11) is 0. The number of fused-ring (bicyclic) bond motifs is 2. The molecule has 0 bridgehead atoms. The van der Waals surface area contributed by atoms with Gasteiger partial charge in [-0.05, 0) is 48.1 Å². The van der Waals surface area contributed by atoms with E-state index in [9.17, 15) is 0 Å². The van der Waals surface area contributed by atoms with Crippen molar-refractivity contribution in [3.63, 3.8) is 0 Å². The second-order valence-corrected chi connectivity index (χ2v) is 10.2. The Bertz CT molecular complexity index is 1550. The first-order valence-corrected chi connectivity index (χ1v) is 13.6. The van der Waals surface area contributed by atoms with E-state index in [0.717, 1.165) is 50.5 Å². The Morgan fingerprint density at radius 3 is 2.08 bits per heavy atom. The standard InChI is InChI=1S/C29H22ClN3OS2/c30-24-15-7-4-10-20(24)18-36-19-27-31-33(29(35)32(27)21-11-2-1-3-12-21)28-22-13-5-8-16-25(22)34-26-17-9-6-14-23(26)28/h1-17,28H,18-19H2. The van der Waals surface area contributed by atoms with E-state index in [-0.39, 0.29) is 6.04 Å². The highest BCUT2D eigenvalue weighted by molar-refractivity contribution is 7.97. The molecule has 1 aliphatic heterocycles. The second kappa shape index (κ2) is 9.97. The van der Waals surface area contributed by atoms with Gasteiger partial charge in [-0.2, -0.15) is 5.10 Å². The Kier molecular flexibility index (Phi) is 6.40. The van der Waals surface area contributed by atoms with Gasteiger partial charge in [-0.15, -0.1) is 11.8 Å². The molecule has 6 rings (SSSR count). The molecule has 4 aromatic carbocycles. The van der Waals surface area contributed by atoms with Gasteiger partial charge in [0, 0.05) is 27.6 Å². The van der Waals surface area contributed by atoms with Crippen molar-refractivity contribution in [2.75, 3.05) is 0 Å². The van der Waals surface area contributed by atoms with Crippen molar-refractivity contribution in [3.8, 4) is 17.2 Å². The summed E-state index contributed by atoms with van der Waals surface area (Å²) in [5.41, 5.74) is 4.19. The Labute approximate surface area is 224 Å². The van der Waals surface area contributed by atoms with Crippen LogP contribution < -0.4 is 4.74 Å². The summed E-state index contributed by atoms with van der Waals surface area (Å²) < 4.78 is 10.9. The minimum atomic E-state index is -0.184. The Balaban J connectivity index is 1.45. The molecule has 178 valence electrons. The van der Waals surface area contributed by atoms with E-state index in [1.54, 1.807) is 11.8 Å². The van der Waals surface area contributed by atoms with Crippen LogP contribution >= 0.6 is 35.6 Å². The number of halogens is 1. The lowest BCUT2D eigenvalue weighted by molar-refractivity contribution is 0.423. The number of hydrogen-bond donors (Lipinski definition) is 0. The van der Waals surface area contributed by atoms with Gasteiger partial charge in [0.15, 0.2) is 0 Å². The zero-order chi connectivity index (χ0) is 24.5. The summed E-state index contributed by atoms with van der Waals surface area (Å²) in [6, 6.07) is 34.2. The monoisotopic (exact) mass is 527 g/mol. The second-order valence-electron chi connectivity index (χ2n) is 8.48. The molecule has 0 atom stereocenters. The summed E-state index contributed by atoms with van der Waals surface area (Å²) in [4.78, 5) is 0. The molecule has 0 aliphatic carbocycles. The molecule has 0 fully saturated rings. The van der Waals surface area contributed by atoms with Crippen LogP contribution in [0.15, 0.2) is 103 Å². The minimum absolute atomic E-state index is 0.184. The number of ether oxygens (including phenoxy) is 1. The van der Waals surface area contributed by atoms with E-state index in [4.69, 9.17) is 33.7 Å². The first-order valence-electron chi connectivity index (χ1n) is 11.6. The van der Waals surface area contributed by atoms with E-state index in [1.807, 2.05) is 77.5 Å². The third-order valence-electron chi connectivity index (χ3n) is 6.22. The van der Waals surface area contributed by atoms with Crippen LogP contribution in [0.3, 0.4) is 0 Å². The molecule has 36 heavy (non-hydrogen) atoms. The van der Waals surface area contributed by atoms with Crippen LogP contribution in [0.5, 0.6) is 11.5 Å². The van der Waals surface area contributed by atoms with E-state index < -0.39 is 0 Å². The van der Waals surface area contributed by atoms with Gasteiger partial charge in [0.05, 0.1) is 5.75 Å². The molecule has 1 aromatic heterocycles. The fraction of sp³-hybridized carbons (Fsp3) is 0.103. The number of rotatable bonds is 6. The summed E-state index contributed by atoms with van der Waals surface area (Å²) in [6.45, 7) is 0. The fourth-order valence-electron chi connectivity index (χ4n) is 4.54. The number of benzene rings is 4. The van der Waals surface area contributed by atoms with Crippen LogP contribution in [0.1, 0.15) is 28.6 Å².